The number of nitrogens with one attached hydrogen (secondary N) is 2. The lowest BCUT2D eigenvalue weighted by Gasteiger charge is -2.12. The molecule has 4 rings (SSSR count). The second kappa shape index (κ2) is 6.72. The second-order valence-electron chi connectivity index (χ2n) is 5.84. The van der Waals surface area contributed by atoms with Crippen molar-refractivity contribution in [3.05, 3.63) is 83.4 Å². The summed E-state index contributed by atoms with van der Waals surface area (Å²) in [5, 5.41) is 4.59. The maximum Gasteiger partial charge on any atom is 0.259 e. The van der Waals surface area contributed by atoms with Crippen LogP contribution in [0.1, 0.15) is 0 Å². The van der Waals surface area contributed by atoms with E-state index in [1.165, 1.54) is 0 Å². The molecule has 2 N–H and O–H groups in total. The number of rotatable bonds is 4. The van der Waals surface area contributed by atoms with E-state index in [0.717, 1.165) is 28.0 Å². The minimum absolute atomic E-state index is 0.182. The van der Waals surface area contributed by atoms with Crippen LogP contribution in [-0.4, -0.2) is 17.1 Å². The fraction of sp³-hybridized carbons (Fsp3) is 0.0476. The molecule has 5 heteroatoms. The number of pyridine rings is 2. The number of ether oxygens (including phenoxy) is 1. The highest BCUT2D eigenvalue weighted by Gasteiger charge is 2.13. The molecular weight excluding hydrogens is 326 g/mol. The van der Waals surface area contributed by atoms with Crippen molar-refractivity contribution in [1.29, 1.82) is 0 Å². The maximum absolute atomic E-state index is 12.5. The Labute approximate surface area is 150 Å². The fourth-order valence-electron chi connectivity index (χ4n) is 2.97. The first kappa shape index (κ1) is 15.9. The van der Waals surface area contributed by atoms with Gasteiger partial charge in [0.25, 0.3) is 5.56 Å². The first-order chi connectivity index (χ1) is 12.8. The molecule has 128 valence electrons. The van der Waals surface area contributed by atoms with Gasteiger partial charge in [-0.2, -0.15) is 0 Å². The van der Waals surface area contributed by atoms with Gasteiger partial charge in [-0.05, 0) is 35.9 Å². The number of hydrogen-bond acceptors (Lipinski definition) is 4. The van der Waals surface area contributed by atoms with Gasteiger partial charge in [-0.15, -0.1) is 0 Å². The Kier molecular flexibility index (Phi) is 4.11. The molecular formula is C21H17N3O2. The van der Waals surface area contributed by atoms with Gasteiger partial charge < -0.3 is 15.0 Å². The maximum atomic E-state index is 12.5. The normalized spacial score (nSPS) is 10.7. The summed E-state index contributed by atoms with van der Waals surface area (Å²) in [6.45, 7) is 0. The molecule has 0 amide bonds. The third-order valence-corrected chi connectivity index (χ3v) is 4.23. The van der Waals surface area contributed by atoms with E-state index in [2.05, 4.69) is 15.3 Å². The van der Waals surface area contributed by atoms with Gasteiger partial charge in [-0.25, -0.2) is 4.98 Å². The Morgan fingerprint density at radius 3 is 2.69 bits per heavy atom. The van der Waals surface area contributed by atoms with Crippen molar-refractivity contribution >= 4 is 22.3 Å². The minimum atomic E-state index is -0.182. The van der Waals surface area contributed by atoms with Crippen LogP contribution in [0.2, 0.25) is 0 Å². The highest BCUT2D eigenvalue weighted by Crippen LogP contribution is 2.32. The van der Waals surface area contributed by atoms with Crippen molar-refractivity contribution < 1.29 is 4.74 Å². The average molecular weight is 343 g/mol. The van der Waals surface area contributed by atoms with E-state index in [1.807, 2.05) is 60.7 Å². The molecule has 5 nitrogen and oxygen atoms in total. The van der Waals surface area contributed by atoms with Crippen LogP contribution in [-0.2, 0) is 0 Å². The minimum Gasteiger partial charge on any atom is -0.497 e. The fourth-order valence-corrected chi connectivity index (χ4v) is 2.97. The van der Waals surface area contributed by atoms with E-state index < -0.39 is 0 Å². The monoisotopic (exact) mass is 343 g/mol. The van der Waals surface area contributed by atoms with Gasteiger partial charge in [0.2, 0.25) is 0 Å². The molecule has 0 aliphatic rings. The standard InChI is InChI=1S/C21H17N3O2/c1-26-16-9-5-6-14(12-16)18-13-23-20(24-15-7-3-2-4-8-15)19-17(18)10-11-22-21(19)25/h2-13H,1H3,(H,22,25)(H,23,24). The van der Waals surface area contributed by atoms with Crippen molar-refractivity contribution in [3.63, 3.8) is 0 Å². The van der Waals surface area contributed by atoms with Crippen LogP contribution in [0.5, 0.6) is 5.75 Å². The highest BCUT2D eigenvalue weighted by atomic mass is 16.5. The third kappa shape index (κ3) is 2.91. The van der Waals surface area contributed by atoms with E-state index in [4.69, 9.17) is 4.74 Å². The Bertz CT molecular complexity index is 1120. The van der Waals surface area contributed by atoms with Gasteiger partial charge in [0.15, 0.2) is 0 Å². The van der Waals surface area contributed by atoms with E-state index >= 15 is 0 Å². The SMILES string of the molecule is COc1cccc(-c2cnc(Nc3ccccc3)c3c(=O)[nH]ccc23)c1. The van der Waals surface area contributed by atoms with E-state index in [9.17, 15) is 4.79 Å². The number of para-hydroxylation sites is 1. The smallest absolute Gasteiger partial charge is 0.259 e. The van der Waals surface area contributed by atoms with Crippen LogP contribution in [0.3, 0.4) is 0 Å². The van der Waals surface area contributed by atoms with Gasteiger partial charge in [0.1, 0.15) is 11.6 Å². The zero-order valence-corrected chi connectivity index (χ0v) is 14.2. The van der Waals surface area contributed by atoms with Gasteiger partial charge in [0, 0.05) is 29.0 Å². The van der Waals surface area contributed by atoms with Crippen molar-refractivity contribution in [3.8, 4) is 16.9 Å². The third-order valence-electron chi connectivity index (χ3n) is 4.23. The number of nitrogens with zero attached hydrogens (tertiary/aromatic N) is 1. The molecule has 0 radical (unpaired) electrons. The van der Waals surface area contributed by atoms with Crippen molar-refractivity contribution in [2.75, 3.05) is 12.4 Å². The van der Waals surface area contributed by atoms with Gasteiger partial charge >= 0.3 is 0 Å². The number of aromatic amines is 1. The van der Waals surface area contributed by atoms with E-state index in [0.29, 0.717) is 11.2 Å². The van der Waals surface area contributed by atoms with Crippen LogP contribution in [0, 0.1) is 0 Å². The molecule has 0 unspecified atom stereocenters. The summed E-state index contributed by atoms with van der Waals surface area (Å²) < 4.78 is 5.31. The van der Waals surface area contributed by atoms with Gasteiger partial charge in [-0.3, -0.25) is 4.79 Å². The summed E-state index contributed by atoms with van der Waals surface area (Å²) >= 11 is 0. The number of hydrogen-bond donors (Lipinski definition) is 2. The summed E-state index contributed by atoms with van der Waals surface area (Å²) in [6, 6.07) is 19.3. The topological polar surface area (TPSA) is 67.0 Å². The van der Waals surface area contributed by atoms with Crippen LogP contribution >= 0.6 is 0 Å². The summed E-state index contributed by atoms with van der Waals surface area (Å²) in [4.78, 5) is 19.8. The van der Waals surface area contributed by atoms with Crippen LogP contribution in [0.4, 0.5) is 11.5 Å². The summed E-state index contributed by atoms with van der Waals surface area (Å²) in [5.74, 6) is 1.28. The lowest BCUT2D eigenvalue weighted by atomic mass is 10.0. The molecule has 0 saturated carbocycles. The van der Waals surface area contributed by atoms with Crippen molar-refractivity contribution in [2.24, 2.45) is 0 Å². The molecule has 2 heterocycles. The Hall–Kier alpha value is -3.60. The van der Waals surface area contributed by atoms with Crippen LogP contribution in [0.25, 0.3) is 21.9 Å². The summed E-state index contributed by atoms with van der Waals surface area (Å²) in [7, 11) is 1.63. The first-order valence-electron chi connectivity index (χ1n) is 8.23. The Morgan fingerprint density at radius 1 is 1.04 bits per heavy atom. The first-order valence-corrected chi connectivity index (χ1v) is 8.23. The molecule has 26 heavy (non-hydrogen) atoms. The second-order valence-corrected chi connectivity index (χ2v) is 5.84. The predicted octanol–water partition coefficient (Wildman–Crippen LogP) is 4.34. The molecule has 2 aromatic carbocycles. The zero-order chi connectivity index (χ0) is 17.9. The lowest BCUT2D eigenvalue weighted by molar-refractivity contribution is 0.415. The lowest BCUT2D eigenvalue weighted by Crippen LogP contribution is -2.09. The van der Waals surface area contributed by atoms with E-state index in [1.54, 1.807) is 19.5 Å². The molecule has 2 aromatic heterocycles. The number of methoxy groups -OCH3 is 1. The number of anilines is 2. The molecule has 0 spiro atoms. The van der Waals surface area contributed by atoms with Crippen LogP contribution in [0.15, 0.2) is 77.9 Å². The van der Waals surface area contributed by atoms with Crippen molar-refractivity contribution in [1.82, 2.24) is 9.97 Å². The van der Waals surface area contributed by atoms with E-state index in [-0.39, 0.29) is 5.56 Å². The zero-order valence-electron chi connectivity index (χ0n) is 14.2. The van der Waals surface area contributed by atoms with Crippen molar-refractivity contribution in [2.45, 2.75) is 0 Å². The Balaban J connectivity index is 1.91. The molecule has 0 bridgehead atoms. The molecule has 0 fully saturated rings. The quantitative estimate of drug-likeness (QED) is 0.578. The molecule has 0 aliphatic carbocycles. The Morgan fingerprint density at radius 2 is 1.88 bits per heavy atom. The molecule has 0 atom stereocenters. The molecule has 0 saturated heterocycles. The summed E-state index contributed by atoms with van der Waals surface area (Å²) in [5.41, 5.74) is 2.51. The molecule has 4 aromatic rings. The average Bonchev–Trinajstić information content (AvgIpc) is 2.69. The largest absolute Gasteiger partial charge is 0.497 e. The number of benzene rings is 2. The van der Waals surface area contributed by atoms with Gasteiger partial charge in [-0.1, -0.05) is 30.3 Å². The van der Waals surface area contributed by atoms with Gasteiger partial charge in [0.05, 0.1) is 12.5 Å². The number of fused-ring (bicyclic) bond motifs is 1. The number of aromatic nitrogens is 2. The van der Waals surface area contributed by atoms with Crippen LogP contribution < -0.4 is 15.6 Å². The number of H-pyrrole nitrogens is 1. The highest BCUT2D eigenvalue weighted by molar-refractivity contribution is 6.01. The molecule has 0 aliphatic heterocycles. The predicted molar refractivity (Wildman–Crippen MR) is 104 cm³/mol. The summed E-state index contributed by atoms with van der Waals surface area (Å²) in [6.07, 6.45) is 3.43.